The molecule has 0 amide bonds. The van der Waals surface area contributed by atoms with Crippen molar-refractivity contribution in [2.75, 3.05) is 6.54 Å². The molecule has 130 valence electrons. The molecule has 3 N–H and O–H groups in total. The Hall–Kier alpha value is -3.26. The van der Waals surface area contributed by atoms with Gasteiger partial charge in [-0.2, -0.15) is 0 Å². The summed E-state index contributed by atoms with van der Waals surface area (Å²) >= 11 is 0. The van der Waals surface area contributed by atoms with Crippen molar-refractivity contribution in [2.24, 2.45) is 5.16 Å². The lowest BCUT2D eigenvalue weighted by Crippen LogP contribution is -2.22. The normalized spacial score (nSPS) is 11.3. The maximum Gasteiger partial charge on any atom is 0.317 e. The summed E-state index contributed by atoms with van der Waals surface area (Å²) in [7, 11) is 0. The first-order valence-corrected chi connectivity index (χ1v) is 7.41. The molecule has 0 spiro atoms. The van der Waals surface area contributed by atoms with Gasteiger partial charge in [-0.15, -0.1) is 0 Å². The summed E-state index contributed by atoms with van der Waals surface area (Å²) in [5, 5.41) is 35.1. The van der Waals surface area contributed by atoms with Crippen LogP contribution in [0.15, 0.2) is 47.6 Å². The molecule has 0 saturated carbocycles. The highest BCUT2D eigenvalue weighted by Gasteiger charge is 2.17. The molecule has 2 rings (SSSR count). The van der Waals surface area contributed by atoms with E-state index in [1.165, 1.54) is 18.2 Å². The number of carbonyl (C=O) groups is 1. The Morgan fingerprint density at radius 3 is 2.40 bits per heavy atom. The number of carboxylic acids is 1. The van der Waals surface area contributed by atoms with E-state index in [4.69, 9.17) is 5.11 Å². The first-order chi connectivity index (χ1) is 11.9. The number of aryl methyl sites for hydroxylation is 1. The fraction of sp³-hybridized carbons (Fsp3) is 0.176. The zero-order chi connectivity index (χ0) is 18.4. The Morgan fingerprint density at radius 2 is 1.84 bits per heavy atom. The minimum atomic E-state index is -1.06. The van der Waals surface area contributed by atoms with E-state index >= 15 is 0 Å². The maximum absolute atomic E-state index is 11.2. The van der Waals surface area contributed by atoms with E-state index in [1.807, 2.05) is 19.1 Å². The minimum absolute atomic E-state index is 0.00304. The van der Waals surface area contributed by atoms with Crippen molar-refractivity contribution in [1.29, 1.82) is 0 Å². The van der Waals surface area contributed by atoms with E-state index in [-0.39, 0.29) is 24.5 Å². The van der Waals surface area contributed by atoms with Crippen LogP contribution in [0, 0.1) is 17.0 Å². The maximum atomic E-state index is 11.2. The van der Waals surface area contributed by atoms with Crippen molar-refractivity contribution in [3.63, 3.8) is 0 Å². The van der Waals surface area contributed by atoms with Crippen molar-refractivity contribution in [2.45, 2.75) is 13.5 Å². The standard InChI is InChI=1S/C17H17N3O5/c1-11-2-4-12(5-3-11)17(19-23)13-6-7-15(20(24)25)14(8-13)9-18-10-16(21)22/h2-8,18,23H,9-10H2,1H3,(H,21,22). The highest BCUT2D eigenvalue weighted by Crippen LogP contribution is 2.22. The summed E-state index contributed by atoms with van der Waals surface area (Å²) in [6.07, 6.45) is 0. The van der Waals surface area contributed by atoms with Crippen molar-refractivity contribution < 1.29 is 20.0 Å². The number of nitrogens with zero attached hydrogens (tertiary/aromatic N) is 2. The molecular formula is C17H17N3O5. The van der Waals surface area contributed by atoms with Crippen LogP contribution in [0.3, 0.4) is 0 Å². The molecule has 8 nitrogen and oxygen atoms in total. The molecule has 0 bridgehead atoms. The number of nitrogens with one attached hydrogen (secondary N) is 1. The number of nitro groups is 1. The Balaban J connectivity index is 2.38. The third kappa shape index (κ3) is 4.61. The molecule has 0 heterocycles. The average molecular weight is 343 g/mol. The zero-order valence-electron chi connectivity index (χ0n) is 13.5. The van der Waals surface area contributed by atoms with Crippen LogP contribution in [0.4, 0.5) is 5.69 Å². The summed E-state index contributed by atoms with van der Waals surface area (Å²) in [6.45, 7) is 1.61. The molecule has 0 atom stereocenters. The molecule has 25 heavy (non-hydrogen) atoms. The number of hydrogen-bond donors (Lipinski definition) is 3. The van der Waals surface area contributed by atoms with E-state index in [9.17, 15) is 20.1 Å². The van der Waals surface area contributed by atoms with Crippen molar-refractivity contribution in [3.05, 3.63) is 74.8 Å². The topological polar surface area (TPSA) is 125 Å². The molecule has 0 radical (unpaired) electrons. The Kier molecular flexibility index (Phi) is 5.80. The number of aliphatic carboxylic acids is 1. The average Bonchev–Trinajstić information content (AvgIpc) is 2.57. The molecular weight excluding hydrogens is 326 g/mol. The summed E-state index contributed by atoms with van der Waals surface area (Å²) in [5.74, 6) is -1.06. The third-order valence-corrected chi connectivity index (χ3v) is 3.57. The van der Waals surface area contributed by atoms with E-state index in [1.54, 1.807) is 12.1 Å². The highest BCUT2D eigenvalue weighted by atomic mass is 16.6. The molecule has 0 saturated heterocycles. The Labute approximate surface area is 143 Å². The van der Waals surface area contributed by atoms with Gasteiger partial charge in [0.25, 0.3) is 5.69 Å². The molecule has 2 aromatic rings. The summed E-state index contributed by atoms with van der Waals surface area (Å²) in [4.78, 5) is 21.2. The van der Waals surface area contributed by atoms with Crippen LogP contribution in [-0.2, 0) is 11.3 Å². The second kappa shape index (κ2) is 8.02. The van der Waals surface area contributed by atoms with Crippen LogP contribution in [0.5, 0.6) is 0 Å². The van der Waals surface area contributed by atoms with Gasteiger partial charge in [0, 0.05) is 29.3 Å². The summed E-state index contributed by atoms with van der Waals surface area (Å²) in [6, 6.07) is 11.6. The number of carboxylic acid groups (broad SMARTS) is 1. The smallest absolute Gasteiger partial charge is 0.317 e. The van der Waals surface area contributed by atoms with E-state index in [0.29, 0.717) is 16.7 Å². The van der Waals surface area contributed by atoms with Gasteiger partial charge in [0.15, 0.2) is 0 Å². The third-order valence-electron chi connectivity index (χ3n) is 3.57. The van der Waals surface area contributed by atoms with Crippen LogP contribution in [0.2, 0.25) is 0 Å². The lowest BCUT2D eigenvalue weighted by molar-refractivity contribution is -0.385. The van der Waals surface area contributed by atoms with Gasteiger partial charge in [0.2, 0.25) is 0 Å². The van der Waals surface area contributed by atoms with Gasteiger partial charge in [-0.3, -0.25) is 14.9 Å². The van der Waals surface area contributed by atoms with E-state index < -0.39 is 10.9 Å². The monoisotopic (exact) mass is 343 g/mol. The first kappa shape index (κ1) is 18.1. The molecule has 0 aliphatic heterocycles. The SMILES string of the molecule is Cc1ccc(C(=NO)c2ccc([N+](=O)[O-])c(CNCC(=O)O)c2)cc1. The zero-order valence-corrected chi connectivity index (χ0v) is 13.5. The number of nitro benzene ring substituents is 1. The van der Waals surface area contributed by atoms with Crippen molar-refractivity contribution >= 4 is 17.4 Å². The quantitative estimate of drug-likeness (QED) is 0.306. The molecule has 0 unspecified atom stereocenters. The van der Waals surface area contributed by atoms with Crippen LogP contribution in [0.1, 0.15) is 22.3 Å². The predicted molar refractivity (Wildman–Crippen MR) is 91.0 cm³/mol. The Morgan fingerprint density at radius 1 is 1.20 bits per heavy atom. The molecule has 0 aliphatic carbocycles. The van der Waals surface area contributed by atoms with Gasteiger partial charge in [0.1, 0.15) is 5.71 Å². The van der Waals surface area contributed by atoms with Crippen LogP contribution in [-0.4, -0.2) is 33.5 Å². The first-order valence-electron chi connectivity index (χ1n) is 7.41. The van der Waals surface area contributed by atoms with Gasteiger partial charge in [-0.05, 0) is 19.1 Å². The second-order valence-corrected chi connectivity index (χ2v) is 5.41. The summed E-state index contributed by atoms with van der Waals surface area (Å²) in [5.41, 5.74) is 2.63. The van der Waals surface area contributed by atoms with Gasteiger partial charge in [-0.25, -0.2) is 0 Å². The molecule has 0 fully saturated rings. The van der Waals surface area contributed by atoms with Crippen molar-refractivity contribution in [3.8, 4) is 0 Å². The van der Waals surface area contributed by atoms with Crippen LogP contribution < -0.4 is 5.32 Å². The fourth-order valence-corrected chi connectivity index (χ4v) is 2.35. The van der Waals surface area contributed by atoms with Gasteiger partial charge < -0.3 is 15.6 Å². The number of benzene rings is 2. The molecule has 8 heteroatoms. The Bertz CT molecular complexity index is 816. The predicted octanol–water partition coefficient (Wildman–Crippen LogP) is 2.30. The number of hydrogen-bond acceptors (Lipinski definition) is 6. The van der Waals surface area contributed by atoms with E-state index in [0.717, 1.165) is 5.56 Å². The van der Waals surface area contributed by atoms with Crippen LogP contribution in [0.25, 0.3) is 0 Å². The lowest BCUT2D eigenvalue weighted by atomic mass is 9.99. The molecule has 0 aromatic heterocycles. The fourth-order valence-electron chi connectivity index (χ4n) is 2.35. The number of oxime groups is 1. The van der Waals surface area contributed by atoms with Gasteiger partial charge in [0.05, 0.1) is 11.5 Å². The molecule has 0 aliphatic rings. The van der Waals surface area contributed by atoms with Gasteiger partial charge >= 0.3 is 5.97 Å². The molecule has 2 aromatic carbocycles. The number of rotatable bonds is 7. The van der Waals surface area contributed by atoms with E-state index in [2.05, 4.69) is 10.5 Å². The van der Waals surface area contributed by atoms with Crippen molar-refractivity contribution in [1.82, 2.24) is 5.32 Å². The lowest BCUT2D eigenvalue weighted by Gasteiger charge is -2.09. The minimum Gasteiger partial charge on any atom is -0.480 e. The highest BCUT2D eigenvalue weighted by molar-refractivity contribution is 6.12. The second-order valence-electron chi connectivity index (χ2n) is 5.41. The largest absolute Gasteiger partial charge is 0.480 e. The van der Waals surface area contributed by atoms with Gasteiger partial charge in [-0.1, -0.05) is 35.0 Å². The van der Waals surface area contributed by atoms with Crippen LogP contribution >= 0.6 is 0 Å². The summed E-state index contributed by atoms with van der Waals surface area (Å²) < 4.78 is 0.